The highest BCUT2D eigenvalue weighted by Crippen LogP contribution is 2.25. The van der Waals surface area contributed by atoms with Gasteiger partial charge in [-0.2, -0.15) is 0 Å². The molecule has 1 aliphatic rings. The van der Waals surface area contributed by atoms with E-state index in [1.54, 1.807) is 12.1 Å². The maximum Gasteiger partial charge on any atom is 0.125 e. The van der Waals surface area contributed by atoms with Gasteiger partial charge in [-0.25, -0.2) is 4.39 Å². The topological polar surface area (TPSA) is 3.24 Å². The maximum atomic E-state index is 13.1. The summed E-state index contributed by atoms with van der Waals surface area (Å²) in [6, 6.07) is 5.13. The van der Waals surface area contributed by atoms with Gasteiger partial charge in [0.25, 0.3) is 0 Å². The average Bonchev–Trinajstić information content (AvgIpc) is 2.70. The zero-order valence-corrected chi connectivity index (χ0v) is 8.59. The lowest BCUT2D eigenvalue weighted by Gasteiger charge is -2.20. The van der Waals surface area contributed by atoms with E-state index in [0.717, 1.165) is 25.2 Å². The Hall–Kier alpha value is -1.05. The molecule has 0 aliphatic carbocycles. The molecule has 1 heterocycles. The highest BCUT2D eigenvalue weighted by atomic mass is 19.1. The van der Waals surface area contributed by atoms with Crippen molar-refractivity contribution in [3.8, 4) is 0 Å². The number of halogens is 1. The molecule has 1 aromatic carbocycles. The fourth-order valence-electron chi connectivity index (χ4n) is 2.09. The summed E-state index contributed by atoms with van der Waals surface area (Å²) in [4.78, 5) is 2.29. The van der Waals surface area contributed by atoms with Gasteiger partial charge in [-0.15, -0.1) is 0 Å². The molecule has 0 radical (unpaired) electrons. The van der Waals surface area contributed by atoms with Gasteiger partial charge in [0.15, 0.2) is 0 Å². The van der Waals surface area contributed by atoms with Crippen LogP contribution in [0, 0.1) is 5.82 Å². The van der Waals surface area contributed by atoms with Crippen LogP contribution in [0.15, 0.2) is 18.2 Å². The molecule has 1 saturated heterocycles. The van der Waals surface area contributed by atoms with Crippen LogP contribution in [0.4, 0.5) is 10.1 Å². The molecule has 0 saturated carbocycles. The largest absolute Gasteiger partial charge is 0.371 e. The molecule has 0 unspecified atom stereocenters. The van der Waals surface area contributed by atoms with Crippen LogP contribution in [0.2, 0.25) is 0 Å². The second-order valence-electron chi connectivity index (χ2n) is 3.82. The van der Waals surface area contributed by atoms with Crippen LogP contribution in [-0.2, 0) is 6.42 Å². The number of benzene rings is 1. The van der Waals surface area contributed by atoms with Crippen LogP contribution >= 0.6 is 0 Å². The van der Waals surface area contributed by atoms with Gasteiger partial charge in [-0.05, 0) is 37.0 Å². The monoisotopic (exact) mass is 193 g/mol. The summed E-state index contributed by atoms with van der Waals surface area (Å²) in [5, 5.41) is 0. The summed E-state index contributed by atoms with van der Waals surface area (Å²) in [7, 11) is 0. The molecule has 1 fully saturated rings. The summed E-state index contributed by atoms with van der Waals surface area (Å²) in [6.07, 6.45) is 3.45. The normalized spacial score (nSPS) is 16.3. The van der Waals surface area contributed by atoms with Crippen molar-refractivity contribution in [3.63, 3.8) is 0 Å². The van der Waals surface area contributed by atoms with Gasteiger partial charge in [-0.3, -0.25) is 0 Å². The molecule has 76 valence electrons. The van der Waals surface area contributed by atoms with Gasteiger partial charge in [0.1, 0.15) is 5.82 Å². The van der Waals surface area contributed by atoms with Gasteiger partial charge in [0.2, 0.25) is 0 Å². The summed E-state index contributed by atoms with van der Waals surface area (Å²) >= 11 is 0. The highest BCUT2D eigenvalue weighted by Gasteiger charge is 2.15. The first-order valence-corrected chi connectivity index (χ1v) is 5.34. The number of hydrogen-bond donors (Lipinski definition) is 0. The Morgan fingerprint density at radius 1 is 1.29 bits per heavy atom. The van der Waals surface area contributed by atoms with Crippen molar-refractivity contribution in [3.05, 3.63) is 29.6 Å². The molecule has 1 aliphatic heterocycles. The van der Waals surface area contributed by atoms with Gasteiger partial charge in [-0.1, -0.05) is 13.0 Å². The molecule has 0 bridgehead atoms. The van der Waals surface area contributed by atoms with E-state index in [-0.39, 0.29) is 5.82 Å². The minimum atomic E-state index is -0.121. The lowest BCUT2D eigenvalue weighted by molar-refractivity contribution is 0.626. The lowest BCUT2D eigenvalue weighted by atomic mass is 10.1. The first kappa shape index (κ1) is 9.50. The van der Waals surface area contributed by atoms with Gasteiger partial charge < -0.3 is 4.90 Å². The number of aryl methyl sites for hydroxylation is 1. The molecule has 14 heavy (non-hydrogen) atoms. The molecule has 2 rings (SSSR count). The fraction of sp³-hybridized carbons (Fsp3) is 0.500. The molecular weight excluding hydrogens is 177 g/mol. The number of rotatable bonds is 2. The minimum Gasteiger partial charge on any atom is -0.371 e. The van der Waals surface area contributed by atoms with E-state index in [4.69, 9.17) is 0 Å². The van der Waals surface area contributed by atoms with Crippen LogP contribution in [0.5, 0.6) is 0 Å². The van der Waals surface area contributed by atoms with Gasteiger partial charge in [0.05, 0.1) is 0 Å². The third-order valence-electron chi connectivity index (χ3n) is 2.87. The number of anilines is 1. The lowest BCUT2D eigenvalue weighted by Crippen LogP contribution is -2.19. The molecule has 1 aromatic rings. The molecule has 1 nitrogen and oxygen atoms in total. The van der Waals surface area contributed by atoms with Crippen LogP contribution in [0.25, 0.3) is 0 Å². The Morgan fingerprint density at radius 2 is 2.00 bits per heavy atom. The predicted octanol–water partition coefficient (Wildman–Crippen LogP) is 2.99. The van der Waals surface area contributed by atoms with Crippen molar-refractivity contribution >= 4 is 5.69 Å². The molecule has 0 aromatic heterocycles. The van der Waals surface area contributed by atoms with Crippen LogP contribution < -0.4 is 4.90 Å². The Balaban J connectivity index is 2.33. The standard InChI is InChI=1S/C12H16FN/c1-2-10-5-6-11(13)9-12(10)14-7-3-4-8-14/h5-6,9H,2-4,7-8H2,1H3. The minimum absolute atomic E-state index is 0.121. The van der Waals surface area contributed by atoms with E-state index in [1.807, 2.05) is 6.07 Å². The van der Waals surface area contributed by atoms with Crippen molar-refractivity contribution in [1.29, 1.82) is 0 Å². The summed E-state index contributed by atoms with van der Waals surface area (Å²) in [6.45, 7) is 4.28. The Morgan fingerprint density at radius 3 is 2.64 bits per heavy atom. The predicted molar refractivity (Wildman–Crippen MR) is 57.2 cm³/mol. The highest BCUT2D eigenvalue weighted by molar-refractivity contribution is 5.54. The van der Waals surface area contributed by atoms with Gasteiger partial charge >= 0.3 is 0 Å². The van der Waals surface area contributed by atoms with Crippen LogP contribution in [-0.4, -0.2) is 13.1 Å². The first-order valence-electron chi connectivity index (χ1n) is 5.34. The summed E-state index contributed by atoms with van der Waals surface area (Å²) in [5.74, 6) is -0.121. The quantitative estimate of drug-likeness (QED) is 0.698. The second kappa shape index (κ2) is 3.99. The zero-order valence-electron chi connectivity index (χ0n) is 8.59. The zero-order chi connectivity index (χ0) is 9.97. The van der Waals surface area contributed by atoms with E-state index in [0.29, 0.717) is 0 Å². The Bertz CT molecular complexity index is 316. The fourth-order valence-corrected chi connectivity index (χ4v) is 2.09. The molecule has 0 amide bonds. The van der Waals surface area contributed by atoms with E-state index in [2.05, 4.69) is 11.8 Å². The second-order valence-corrected chi connectivity index (χ2v) is 3.82. The van der Waals surface area contributed by atoms with E-state index in [1.165, 1.54) is 18.4 Å². The van der Waals surface area contributed by atoms with E-state index < -0.39 is 0 Å². The average molecular weight is 193 g/mol. The first-order chi connectivity index (χ1) is 6.81. The molecule has 2 heteroatoms. The maximum absolute atomic E-state index is 13.1. The molecule has 0 N–H and O–H groups in total. The van der Waals surface area contributed by atoms with Crippen molar-refractivity contribution in [2.45, 2.75) is 26.2 Å². The van der Waals surface area contributed by atoms with Crippen molar-refractivity contribution in [1.82, 2.24) is 0 Å². The van der Waals surface area contributed by atoms with Crippen LogP contribution in [0.1, 0.15) is 25.3 Å². The number of hydrogen-bond acceptors (Lipinski definition) is 1. The third-order valence-corrected chi connectivity index (χ3v) is 2.87. The SMILES string of the molecule is CCc1ccc(F)cc1N1CCCC1. The van der Waals surface area contributed by atoms with E-state index >= 15 is 0 Å². The summed E-state index contributed by atoms with van der Waals surface area (Å²) < 4.78 is 13.1. The number of nitrogens with zero attached hydrogens (tertiary/aromatic N) is 1. The molecule has 0 atom stereocenters. The Labute approximate surface area is 84.5 Å². The third kappa shape index (κ3) is 1.74. The van der Waals surface area contributed by atoms with Gasteiger partial charge in [0, 0.05) is 18.8 Å². The van der Waals surface area contributed by atoms with E-state index in [9.17, 15) is 4.39 Å². The smallest absolute Gasteiger partial charge is 0.125 e. The van der Waals surface area contributed by atoms with Crippen molar-refractivity contribution in [2.75, 3.05) is 18.0 Å². The Kier molecular flexibility index (Phi) is 2.71. The molecule has 0 spiro atoms. The van der Waals surface area contributed by atoms with Crippen molar-refractivity contribution < 1.29 is 4.39 Å². The summed E-state index contributed by atoms with van der Waals surface area (Å²) in [5.41, 5.74) is 2.36. The molecular formula is C12H16FN. The van der Waals surface area contributed by atoms with Crippen molar-refractivity contribution in [2.24, 2.45) is 0 Å². The van der Waals surface area contributed by atoms with Crippen LogP contribution in [0.3, 0.4) is 0 Å².